The molecule has 1 saturated carbocycles. The fraction of sp³-hybridized carbons (Fsp3) is 1.00. The first-order chi connectivity index (χ1) is 4.99. The molecule has 2 heteroatoms. The van der Waals surface area contributed by atoms with Gasteiger partial charge in [0.1, 0.15) is 0 Å². The molecule has 0 radical (unpaired) electrons. The lowest BCUT2D eigenvalue weighted by Crippen LogP contribution is -2.43. The Morgan fingerprint density at radius 1 is 1.55 bits per heavy atom. The number of nitrogens with one attached hydrogen (secondary N) is 1. The molecule has 0 spiro atoms. The van der Waals surface area contributed by atoms with E-state index in [2.05, 4.69) is 26.1 Å². The lowest BCUT2D eigenvalue weighted by molar-refractivity contribution is 0.456. The average molecular weight is 156 g/mol. The van der Waals surface area contributed by atoms with Gasteiger partial charge in [-0.15, -0.1) is 0 Å². The molecule has 0 aliphatic heterocycles. The lowest BCUT2D eigenvalue weighted by atomic mass is 10.1. The molecule has 11 heavy (non-hydrogen) atoms. The van der Waals surface area contributed by atoms with Gasteiger partial charge in [0.05, 0.1) is 0 Å². The van der Waals surface area contributed by atoms with Gasteiger partial charge in [-0.25, -0.2) is 0 Å². The van der Waals surface area contributed by atoms with Crippen LogP contribution in [-0.4, -0.2) is 18.6 Å². The summed E-state index contributed by atoms with van der Waals surface area (Å²) in [5.41, 5.74) is 5.76. The van der Waals surface area contributed by atoms with Crippen molar-refractivity contribution in [2.75, 3.05) is 13.1 Å². The molecular formula is C9H20N2. The van der Waals surface area contributed by atoms with Gasteiger partial charge in [-0.1, -0.05) is 6.92 Å². The van der Waals surface area contributed by atoms with Gasteiger partial charge >= 0.3 is 0 Å². The number of hydrogen-bond donors (Lipinski definition) is 2. The van der Waals surface area contributed by atoms with Crippen molar-refractivity contribution in [3.63, 3.8) is 0 Å². The molecule has 2 nitrogen and oxygen atoms in total. The van der Waals surface area contributed by atoms with E-state index in [9.17, 15) is 0 Å². The highest BCUT2D eigenvalue weighted by Crippen LogP contribution is 2.36. The van der Waals surface area contributed by atoms with Crippen LogP contribution in [0.2, 0.25) is 0 Å². The van der Waals surface area contributed by atoms with E-state index in [0.29, 0.717) is 0 Å². The maximum Gasteiger partial charge on any atom is 0.0223 e. The summed E-state index contributed by atoms with van der Waals surface area (Å²) in [6.07, 6.45) is 1.40. The molecule has 3 N–H and O–H groups in total. The second-order valence-electron chi connectivity index (χ2n) is 4.59. The summed E-state index contributed by atoms with van der Waals surface area (Å²) in [7, 11) is 0. The molecule has 0 aromatic heterocycles. The van der Waals surface area contributed by atoms with Crippen molar-refractivity contribution in [2.24, 2.45) is 17.6 Å². The summed E-state index contributed by atoms with van der Waals surface area (Å²) in [4.78, 5) is 0. The Morgan fingerprint density at radius 2 is 2.09 bits per heavy atom. The van der Waals surface area contributed by atoms with Gasteiger partial charge in [0.2, 0.25) is 0 Å². The zero-order valence-electron chi connectivity index (χ0n) is 7.85. The van der Waals surface area contributed by atoms with Crippen LogP contribution in [-0.2, 0) is 0 Å². The van der Waals surface area contributed by atoms with Crippen LogP contribution in [0.15, 0.2) is 0 Å². The molecule has 1 rings (SSSR count). The van der Waals surface area contributed by atoms with Crippen LogP contribution in [0.5, 0.6) is 0 Å². The van der Waals surface area contributed by atoms with Crippen LogP contribution in [0, 0.1) is 11.8 Å². The van der Waals surface area contributed by atoms with Crippen molar-refractivity contribution in [3.05, 3.63) is 0 Å². The first-order valence-electron chi connectivity index (χ1n) is 4.48. The Kier molecular flexibility index (Phi) is 2.55. The van der Waals surface area contributed by atoms with E-state index in [0.717, 1.165) is 24.9 Å². The van der Waals surface area contributed by atoms with Crippen LogP contribution in [0.3, 0.4) is 0 Å². The normalized spacial score (nSPS) is 30.5. The summed E-state index contributed by atoms with van der Waals surface area (Å²) in [5.74, 6) is 1.88. The minimum atomic E-state index is -0.0574. The van der Waals surface area contributed by atoms with Gasteiger partial charge in [-0.05, 0) is 38.6 Å². The predicted octanol–water partition coefficient (Wildman–Crippen LogP) is 0.969. The predicted molar refractivity (Wildman–Crippen MR) is 48.4 cm³/mol. The summed E-state index contributed by atoms with van der Waals surface area (Å²) < 4.78 is 0. The van der Waals surface area contributed by atoms with E-state index >= 15 is 0 Å². The average Bonchev–Trinajstić information content (AvgIpc) is 2.43. The number of nitrogens with two attached hydrogens (primary N) is 1. The SMILES string of the molecule is CC1CC1CNCC(C)(C)N. The third-order valence-corrected chi connectivity index (χ3v) is 2.26. The van der Waals surface area contributed by atoms with Crippen LogP contribution >= 0.6 is 0 Å². The molecule has 1 fully saturated rings. The molecule has 66 valence electrons. The molecule has 0 amide bonds. The van der Waals surface area contributed by atoms with Gasteiger partial charge in [0.25, 0.3) is 0 Å². The van der Waals surface area contributed by atoms with E-state index in [1.54, 1.807) is 0 Å². The first-order valence-corrected chi connectivity index (χ1v) is 4.48. The van der Waals surface area contributed by atoms with E-state index < -0.39 is 0 Å². The maximum atomic E-state index is 5.81. The van der Waals surface area contributed by atoms with Crippen molar-refractivity contribution in [1.82, 2.24) is 5.32 Å². The second-order valence-corrected chi connectivity index (χ2v) is 4.59. The van der Waals surface area contributed by atoms with Crippen LogP contribution in [0.25, 0.3) is 0 Å². The molecule has 2 atom stereocenters. The first kappa shape index (κ1) is 9.01. The molecule has 1 aliphatic carbocycles. The fourth-order valence-electron chi connectivity index (χ4n) is 1.26. The molecule has 0 heterocycles. The summed E-state index contributed by atoms with van der Waals surface area (Å²) in [6.45, 7) is 8.49. The topological polar surface area (TPSA) is 38.0 Å². The Hall–Kier alpha value is -0.0800. The van der Waals surface area contributed by atoms with Crippen LogP contribution in [0.4, 0.5) is 0 Å². The third kappa shape index (κ3) is 3.73. The fourth-order valence-corrected chi connectivity index (χ4v) is 1.26. The summed E-state index contributed by atoms with van der Waals surface area (Å²) >= 11 is 0. The Labute approximate surface area is 69.5 Å². The van der Waals surface area contributed by atoms with Crippen molar-refractivity contribution in [3.8, 4) is 0 Å². The van der Waals surface area contributed by atoms with Gasteiger partial charge in [-0.2, -0.15) is 0 Å². The minimum Gasteiger partial charge on any atom is -0.324 e. The van der Waals surface area contributed by atoms with Gasteiger partial charge in [0.15, 0.2) is 0 Å². The standard InChI is InChI=1S/C9H20N2/c1-7-4-8(7)5-11-6-9(2,3)10/h7-8,11H,4-6,10H2,1-3H3. The quantitative estimate of drug-likeness (QED) is 0.636. The van der Waals surface area contributed by atoms with E-state index in [-0.39, 0.29) is 5.54 Å². The highest BCUT2D eigenvalue weighted by Gasteiger charge is 2.31. The van der Waals surface area contributed by atoms with Gasteiger partial charge < -0.3 is 11.1 Å². The van der Waals surface area contributed by atoms with E-state index in [1.165, 1.54) is 6.42 Å². The minimum absolute atomic E-state index is 0.0574. The summed E-state index contributed by atoms with van der Waals surface area (Å²) in [6, 6.07) is 0. The third-order valence-electron chi connectivity index (χ3n) is 2.26. The Morgan fingerprint density at radius 3 is 2.45 bits per heavy atom. The smallest absolute Gasteiger partial charge is 0.0223 e. The highest BCUT2D eigenvalue weighted by molar-refractivity contribution is 4.85. The van der Waals surface area contributed by atoms with E-state index in [4.69, 9.17) is 5.73 Å². The molecule has 0 aromatic carbocycles. The van der Waals surface area contributed by atoms with Crippen molar-refractivity contribution in [2.45, 2.75) is 32.7 Å². The molecular weight excluding hydrogens is 136 g/mol. The molecule has 0 bridgehead atoms. The number of rotatable bonds is 4. The largest absolute Gasteiger partial charge is 0.324 e. The van der Waals surface area contributed by atoms with Gasteiger partial charge in [-0.3, -0.25) is 0 Å². The monoisotopic (exact) mass is 156 g/mol. The highest BCUT2D eigenvalue weighted by atomic mass is 14.9. The molecule has 0 saturated heterocycles. The van der Waals surface area contributed by atoms with Crippen LogP contribution in [0.1, 0.15) is 27.2 Å². The van der Waals surface area contributed by atoms with E-state index in [1.807, 2.05) is 0 Å². The molecule has 0 aromatic rings. The summed E-state index contributed by atoms with van der Waals surface area (Å²) in [5, 5.41) is 3.39. The van der Waals surface area contributed by atoms with Crippen molar-refractivity contribution < 1.29 is 0 Å². The molecule has 2 unspecified atom stereocenters. The second kappa shape index (κ2) is 3.11. The zero-order chi connectivity index (χ0) is 8.48. The van der Waals surface area contributed by atoms with Gasteiger partial charge in [0, 0.05) is 12.1 Å². The Bertz CT molecular complexity index is 126. The lowest BCUT2D eigenvalue weighted by Gasteiger charge is -2.18. The maximum absolute atomic E-state index is 5.81. The molecule has 1 aliphatic rings. The zero-order valence-corrected chi connectivity index (χ0v) is 7.85. The number of hydrogen-bond acceptors (Lipinski definition) is 2. The van der Waals surface area contributed by atoms with Crippen LogP contribution < -0.4 is 11.1 Å². The van der Waals surface area contributed by atoms with Crippen molar-refractivity contribution in [1.29, 1.82) is 0 Å². The Balaban J connectivity index is 1.97. The van der Waals surface area contributed by atoms with Crippen molar-refractivity contribution >= 4 is 0 Å².